The Bertz CT molecular complexity index is 939. The third kappa shape index (κ3) is 3.34. The number of ether oxygens (including phenoxy) is 2. The third-order valence-corrected chi connectivity index (χ3v) is 8.28. The van der Waals surface area contributed by atoms with E-state index in [9.17, 15) is 30.5 Å². The zero-order chi connectivity index (χ0) is 21.6. The Labute approximate surface area is 191 Å². The van der Waals surface area contributed by atoms with Gasteiger partial charge in [0.05, 0.1) is 12.2 Å². The highest BCUT2D eigenvalue weighted by molar-refractivity contribution is 14.1. The monoisotopic (exact) mass is 661 g/mol. The van der Waals surface area contributed by atoms with Crippen LogP contribution in [0, 0.1) is 24.9 Å². The molecule has 0 radical (unpaired) electrons. The van der Waals surface area contributed by atoms with Crippen LogP contribution in [-0.2, 0) is 25.4 Å². The van der Waals surface area contributed by atoms with Crippen LogP contribution in [0.15, 0.2) is 18.2 Å². The highest BCUT2D eigenvalue weighted by Crippen LogP contribution is 2.62. The molecule has 2 aliphatic carbocycles. The van der Waals surface area contributed by atoms with Crippen LogP contribution in [0.5, 0.6) is 0 Å². The van der Waals surface area contributed by atoms with E-state index in [1.54, 1.807) is 6.92 Å². The minimum Gasteiger partial charge on any atom is -0.743 e. The van der Waals surface area contributed by atoms with E-state index in [1.807, 2.05) is 18.2 Å². The number of hydrogen-bond acceptors (Lipinski definition) is 5. The number of alkyl halides is 4. The summed E-state index contributed by atoms with van der Waals surface area (Å²) in [7, 11) is -6.52. The Kier molecular flexibility index (Phi) is 5.31. The number of fused-ring (bicyclic) bond motifs is 5. The summed E-state index contributed by atoms with van der Waals surface area (Å²) in [4.78, 5) is 0. The van der Waals surface area contributed by atoms with Crippen molar-refractivity contribution >= 4 is 55.3 Å². The third-order valence-electron chi connectivity index (χ3n) is 6.14. The smallest absolute Gasteiger partial charge is 0.396 e. The molecule has 12 heteroatoms. The van der Waals surface area contributed by atoms with Gasteiger partial charge in [-0.05, 0) is 95.0 Å². The second kappa shape index (κ2) is 6.86. The Morgan fingerprint density at radius 1 is 1.07 bits per heavy atom. The normalized spacial score (nSPS) is 37.2. The van der Waals surface area contributed by atoms with Gasteiger partial charge < -0.3 is 14.0 Å². The molecule has 6 atom stereocenters. The lowest BCUT2D eigenvalue weighted by molar-refractivity contribution is -0.214. The summed E-state index contributed by atoms with van der Waals surface area (Å²) in [5.41, 5.74) is 0.679. The lowest BCUT2D eigenvalue weighted by Crippen LogP contribution is -2.55. The van der Waals surface area contributed by atoms with Crippen molar-refractivity contribution in [2.24, 2.45) is 17.8 Å². The number of halogens is 6. The lowest BCUT2D eigenvalue weighted by Gasteiger charge is -2.38. The minimum atomic E-state index is -6.52. The van der Waals surface area contributed by atoms with Crippen molar-refractivity contribution in [3.8, 4) is 0 Å². The van der Waals surface area contributed by atoms with E-state index in [-0.39, 0.29) is 12.8 Å². The molecular weight excluding hydrogens is 646 g/mol. The molecule has 2 bridgehead atoms. The number of rotatable bonds is 4. The summed E-state index contributed by atoms with van der Waals surface area (Å²) in [6.07, 6.45) is -1.63. The fourth-order valence-corrected chi connectivity index (χ4v) is 7.29. The van der Waals surface area contributed by atoms with Crippen molar-refractivity contribution < 1.29 is 40.0 Å². The van der Waals surface area contributed by atoms with Gasteiger partial charge in [0.25, 0.3) is 0 Å². The molecule has 1 saturated heterocycles. The van der Waals surface area contributed by atoms with Gasteiger partial charge in [0.15, 0.2) is 15.9 Å². The van der Waals surface area contributed by atoms with Gasteiger partial charge >= 0.3 is 11.2 Å². The maximum absolute atomic E-state index is 14.5. The first-order valence-electron chi connectivity index (χ1n) is 8.70. The predicted octanol–water partition coefficient (Wildman–Crippen LogP) is 4.28. The topological polar surface area (TPSA) is 75.7 Å². The van der Waals surface area contributed by atoms with E-state index in [0.29, 0.717) is 5.56 Å². The van der Waals surface area contributed by atoms with Crippen LogP contribution in [0.1, 0.15) is 25.3 Å². The Hall–Kier alpha value is 0.230. The summed E-state index contributed by atoms with van der Waals surface area (Å²) in [6, 6.07) is 5.58. The first kappa shape index (κ1) is 22.4. The SMILES string of the molecule is CC1(c2cc(I)cc(I)c2)OC2C3CC(C2O1)C(C(F)(F)C(F)(F)S(=O)(=O)[O-])C3. The van der Waals surface area contributed by atoms with Crippen LogP contribution in [0.4, 0.5) is 17.6 Å². The van der Waals surface area contributed by atoms with Gasteiger partial charge in [-0.25, -0.2) is 8.42 Å². The fourth-order valence-electron chi connectivity index (χ4n) is 4.87. The average molecular weight is 661 g/mol. The van der Waals surface area contributed by atoms with E-state index >= 15 is 0 Å². The molecule has 1 aliphatic heterocycles. The molecule has 0 amide bonds. The van der Waals surface area contributed by atoms with Gasteiger partial charge in [0, 0.05) is 18.6 Å². The molecule has 3 aliphatic rings. The number of hydrogen-bond donors (Lipinski definition) is 0. The molecule has 2 saturated carbocycles. The van der Waals surface area contributed by atoms with E-state index in [1.165, 1.54) is 0 Å². The summed E-state index contributed by atoms with van der Waals surface area (Å²) >= 11 is 4.25. The highest BCUT2D eigenvalue weighted by atomic mass is 127. The van der Waals surface area contributed by atoms with Crippen molar-refractivity contribution in [1.82, 2.24) is 0 Å². The van der Waals surface area contributed by atoms with E-state index < -0.39 is 57.0 Å². The molecule has 162 valence electrons. The van der Waals surface area contributed by atoms with Crippen molar-refractivity contribution in [2.45, 2.75) is 48.9 Å². The average Bonchev–Trinajstić information content (AvgIpc) is 3.22. The Balaban J connectivity index is 1.63. The van der Waals surface area contributed by atoms with Gasteiger partial charge in [-0.3, -0.25) is 0 Å². The largest absolute Gasteiger partial charge is 0.743 e. The first-order valence-corrected chi connectivity index (χ1v) is 12.3. The van der Waals surface area contributed by atoms with Crippen LogP contribution in [0.2, 0.25) is 0 Å². The molecular formula is C17H15F4I2O5S-. The Morgan fingerprint density at radius 3 is 2.17 bits per heavy atom. The summed E-state index contributed by atoms with van der Waals surface area (Å²) in [5.74, 6) is -9.71. The molecule has 5 nitrogen and oxygen atoms in total. The van der Waals surface area contributed by atoms with Gasteiger partial charge in [0.1, 0.15) is 0 Å². The van der Waals surface area contributed by atoms with Gasteiger partial charge in [-0.1, -0.05) is 0 Å². The second-order valence-corrected chi connectivity index (χ2v) is 11.8. The maximum atomic E-state index is 14.5. The molecule has 29 heavy (non-hydrogen) atoms. The fraction of sp³-hybridized carbons (Fsp3) is 0.647. The van der Waals surface area contributed by atoms with E-state index in [0.717, 1.165) is 7.14 Å². The van der Waals surface area contributed by atoms with Gasteiger partial charge in [0.2, 0.25) is 0 Å². The van der Waals surface area contributed by atoms with Gasteiger partial charge in [-0.2, -0.15) is 17.6 Å². The molecule has 3 fully saturated rings. The minimum absolute atomic E-state index is 0.157. The van der Waals surface area contributed by atoms with Crippen molar-refractivity contribution in [3.63, 3.8) is 0 Å². The van der Waals surface area contributed by atoms with Crippen LogP contribution < -0.4 is 0 Å². The van der Waals surface area contributed by atoms with Crippen molar-refractivity contribution in [3.05, 3.63) is 30.9 Å². The van der Waals surface area contributed by atoms with Crippen LogP contribution >= 0.6 is 45.2 Å². The molecule has 0 spiro atoms. The van der Waals surface area contributed by atoms with Crippen LogP contribution in [0.25, 0.3) is 0 Å². The zero-order valence-corrected chi connectivity index (χ0v) is 19.9. The number of benzene rings is 1. The highest BCUT2D eigenvalue weighted by Gasteiger charge is 2.73. The quantitative estimate of drug-likeness (QED) is 0.274. The molecule has 1 heterocycles. The Morgan fingerprint density at radius 2 is 1.62 bits per heavy atom. The second-order valence-electron chi connectivity index (χ2n) is 7.86. The molecule has 1 aromatic rings. The molecule has 0 aromatic heterocycles. The maximum Gasteiger partial charge on any atom is 0.396 e. The van der Waals surface area contributed by atoms with E-state index in [4.69, 9.17) is 9.47 Å². The molecule has 6 unspecified atom stereocenters. The predicted molar refractivity (Wildman–Crippen MR) is 108 cm³/mol. The molecule has 0 N–H and O–H groups in total. The lowest BCUT2D eigenvalue weighted by atomic mass is 9.81. The summed E-state index contributed by atoms with van der Waals surface area (Å²) in [5, 5.41) is -5.68. The molecule has 4 rings (SSSR count). The van der Waals surface area contributed by atoms with E-state index in [2.05, 4.69) is 45.2 Å². The van der Waals surface area contributed by atoms with Gasteiger partial charge in [-0.15, -0.1) is 0 Å². The zero-order valence-electron chi connectivity index (χ0n) is 14.8. The van der Waals surface area contributed by atoms with Crippen LogP contribution in [-0.4, -0.2) is 36.4 Å². The first-order chi connectivity index (χ1) is 13.2. The summed E-state index contributed by atoms with van der Waals surface area (Å²) in [6.45, 7) is 1.65. The van der Waals surface area contributed by atoms with Crippen molar-refractivity contribution in [1.29, 1.82) is 0 Å². The van der Waals surface area contributed by atoms with Crippen molar-refractivity contribution in [2.75, 3.05) is 0 Å². The summed E-state index contributed by atoms with van der Waals surface area (Å²) < 4.78 is 103. The molecule has 1 aromatic carbocycles. The van der Waals surface area contributed by atoms with Crippen LogP contribution in [0.3, 0.4) is 0 Å². The standard InChI is InChI=1S/C17H16F4I2O5S/c1-15(8-4-9(22)6-10(23)5-8)27-13-7-2-11(14(13)28-15)12(3-7)16(18,19)17(20,21)29(24,25)26/h4-7,11-14H,2-3H2,1H3,(H,24,25,26)/p-1.